The van der Waals surface area contributed by atoms with E-state index in [-0.39, 0.29) is 11.6 Å². The molecule has 1 aliphatic rings. The van der Waals surface area contributed by atoms with Gasteiger partial charge in [-0.05, 0) is 32.9 Å². The van der Waals surface area contributed by atoms with Crippen LogP contribution in [-0.4, -0.2) is 52.7 Å². The van der Waals surface area contributed by atoms with Gasteiger partial charge in [-0.1, -0.05) is 30.3 Å². The van der Waals surface area contributed by atoms with Crippen LogP contribution in [0.4, 0.5) is 4.79 Å². The van der Waals surface area contributed by atoms with Crippen LogP contribution in [0.2, 0.25) is 0 Å². The van der Waals surface area contributed by atoms with Crippen LogP contribution in [0.25, 0.3) is 0 Å². The lowest BCUT2D eigenvalue weighted by Gasteiger charge is -2.51. The zero-order valence-corrected chi connectivity index (χ0v) is 11.8. The van der Waals surface area contributed by atoms with E-state index < -0.39 is 6.09 Å². The Labute approximate surface area is 114 Å². The van der Waals surface area contributed by atoms with Crippen molar-refractivity contribution in [3.63, 3.8) is 0 Å². The van der Waals surface area contributed by atoms with Gasteiger partial charge in [0, 0.05) is 19.1 Å². The van der Waals surface area contributed by atoms with Gasteiger partial charge in [0.05, 0.1) is 5.54 Å². The largest absolute Gasteiger partial charge is 0.465 e. The third-order valence-electron chi connectivity index (χ3n) is 4.49. The van der Waals surface area contributed by atoms with Crippen molar-refractivity contribution in [3.8, 4) is 0 Å². The van der Waals surface area contributed by atoms with Gasteiger partial charge in [0.25, 0.3) is 0 Å². The second-order valence-electron chi connectivity index (χ2n) is 5.61. The summed E-state index contributed by atoms with van der Waals surface area (Å²) in [4.78, 5) is 15.4. The molecule has 104 valence electrons. The molecule has 4 nitrogen and oxygen atoms in total. The number of carbonyl (C=O) groups is 1. The summed E-state index contributed by atoms with van der Waals surface area (Å²) in [6.07, 6.45) is -0.0792. The number of benzene rings is 1. The Kier molecular flexibility index (Phi) is 3.80. The number of likely N-dealkylation sites (N-methyl/N-ethyl adjacent to an activating group) is 1. The molecule has 2 atom stereocenters. The molecule has 1 aromatic carbocycles. The molecule has 0 radical (unpaired) electrons. The van der Waals surface area contributed by atoms with E-state index >= 15 is 0 Å². The summed E-state index contributed by atoms with van der Waals surface area (Å²) < 4.78 is 0. The van der Waals surface area contributed by atoms with Gasteiger partial charge >= 0.3 is 6.09 Å². The molecule has 1 amide bonds. The van der Waals surface area contributed by atoms with E-state index in [1.807, 2.05) is 18.2 Å². The monoisotopic (exact) mass is 262 g/mol. The Bertz CT molecular complexity index is 449. The first kappa shape index (κ1) is 13.9. The Morgan fingerprint density at radius 3 is 2.58 bits per heavy atom. The van der Waals surface area contributed by atoms with Crippen LogP contribution < -0.4 is 0 Å². The predicted octanol–water partition coefficient (Wildman–Crippen LogP) is 2.30. The topological polar surface area (TPSA) is 43.8 Å². The fourth-order valence-corrected chi connectivity index (χ4v) is 2.97. The Balaban J connectivity index is 2.31. The highest BCUT2D eigenvalue weighted by molar-refractivity contribution is 5.66. The molecule has 4 heteroatoms. The van der Waals surface area contributed by atoms with Crippen molar-refractivity contribution in [1.29, 1.82) is 0 Å². The lowest BCUT2D eigenvalue weighted by molar-refractivity contribution is -0.0130. The molecule has 1 saturated heterocycles. The molecule has 1 aromatic rings. The minimum Gasteiger partial charge on any atom is -0.465 e. The highest BCUT2D eigenvalue weighted by Gasteiger charge is 2.45. The number of hydrogen-bond acceptors (Lipinski definition) is 2. The van der Waals surface area contributed by atoms with Gasteiger partial charge in [0.1, 0.15) is 0 Å². The van der Waals surface area contributed by atoms with Crippen LogP contribution >= 0.6 is 0 Å². The van der Waals surface area contributed by atoms with E-state index in [0.717, 1.165) is 13.0 Å². The van der Waals surface area contributed by atoms with Crippen molar-refractivity contribution in [2.45, 2.75) is 31.8 Å². The molecule has 1 N–H and O–H groups in total. The fraction of sp³-hybridized carbons (Fsp3) is 0.533. The molecule has 1 aliphatic heterocycles. The zero-order chi connectivity index (χ0) is 14.0. The Morgan fingerprint density at radius 1 is 1.37 bits per heavy atom. The maximum absolute atomic E-state index is 11.5. The van der Waals surface area contributed by atoms with Gasteiger partial charge in [-0.15, -0.1) is 0 Å². The predicted molar refractivity (Wildman–Crippen MR) is 75.4 cm³/mol. The lowest BCUT2D eigenvalue weighted by atomic mass is 9.82. The summed E-state index contributed by atoms with van der Waals surface area (Å²) in [7, 11) is 2.06. The summed E-state index contributed by atoms with van der Waals surface area (Å²) in [5, 5.41) is 9.46. The van der Waals surface area contributed by atoms with Crippen LogP contribution in [0.1, 0.15) is 19.4 Å². The van der Waals surface area contributed by atoms with E-state index in [1.165, 1.54) is 5.56 Å². The quantitative estimate of drug-likeness (QED) is 0.889. The number of amides is 1. The molecule has 0 spiro atoms. The first-order valence-corrected chi connectivity index (χ1v) is 6.70. The first-order chi connectivity index (χ1) is 8.95. The second-order valence-corrected chi connectivity index (χ2v) is 5.61. The van der Waals surface area contributed by atoms with E-state index in [9.17, 15) is 9.90 Å². The Morgan fingerprint density at radius 2 is 2.00 bits per heavy atom. The molecular formula is C15H22N2O2. The number of hydrogen-bond donors (Lipinski definition) is 1. The van der Waals surface area contributed by atoms with Crippen molar-refractivity contribution in [2.75, 3.05) is 20.1 Å². The molecule has 1 fully saturated rings. The van der Waals surface area contributed by atoms with Crippen LogP contribution in [0.5, 0.6) is 0 Å². The van der Waals surface area contributed by atoms with Crippen molar-refractivity contribution in [3.05, 3.63) is 35.9 Å². The molecular weight excluding hydrogens is 240 g/mol. The summed E-state index contributed by atoms with van der Waals surface area (Å²) in [5.41, 5.74) is 0.790. The summed E-state index contributed by atoms with van der Waals surface area (Å²) in [6, 6.07) is 10.3. The van der Waals surface area contributed by atoms with E-state index in [1.54, 1.807) is 4.90 Å². The highest BCUT2D eigenvalue weighted by Crippen LogP contribution is 2.30. The summed E-state index contributed by atoms with van der Waals surface area (Å²) in [5.74, 6) is 0. The number of piperazine rings is 1. The van der Waals surface area contributed by atoms with E-state index in [0.29, 0.717) is 6.54 Å². The van der Waals surface area contributed by atoms with Crippen molar-refractivity contribution >= 4 is 6.09 Å². The standard InChI is InChI=1S/C15H22N2O2/c1-12-15(2,11-13-7-5-4-6-8-13)17(14(18)19)10-9-16(12)3/h4-8,12H,9-11H2,1-3H3,(H,18,19)/t12-,15+/m1/s1. The molecule has 0 aromatic heterocycles. The second kappa shape index (κ2) is 5.21. The average molecular weight is 262 g/mol. The van der Waals surface area contributed by atoms with Gasteiger partial charge < -0.3 is 5.11 Å². The van der Waals surface area contributed by atoms with Crippen molar-refractivity contribution in [1.82, 2.24) is 9.80 Å². The van der Waals surface area contributed by atoms with Gasteiger partial charge in [-0.25, -0.2) is 4.79 Å². The van der Waals surface area contributed by atoms with Gasteiger partial charge in [-0.3, -0.25) is 9.80 Å². The molecule has 19 heavy (non-hydrogen) atoms. The minimum atomic E-state index is -0.821. The average Bonchev–Trinajstić information content (AvgIpc) is 2.37. The molecule has 2 rings (SSSR count). The Hall–Kier alpha value is -1.55. The van der Waals surface area contributed by atoms with Crippen LogP contribution in [0.3, 0.4) is 0 Å². The minimum absolute atomic E-state index is 0.192. The number of rotatable bonds is 2. The molecule has 1 heterocycles. The van der Waals surface area contributed by atoms with Gasteiger partial charge in [0.2, 0.25) is 0 Å². The first-order valence-electron chi connectivity index (χ1n) is 6.70. The molecule has 0 aliphatic carbocycles. The van der Waals surface area contributed by atoms with E-state index in [2.05, 4.69) is 37.9 Å². The van der Waals surface area contributed by atoms with Gasteiger partial charge in [-0.2, -0.15) is 0 Å². The maximum Gasteiger partial charge on any atom is 0.407 e. The summed E-state index contributed by atoms with van der Waals surface area (Å²) in [6.45, 7) is 5.52. The zero-order valence-electron chi connectivity index (χ0n) is 11.8. The van der Waals surface area contributed by atoms with E-state index in [4.69, 9.17) is 0 Å². The SMILES string of the molecule is C[C@H]1N(C)CCN(C(=O)O)[C@@]1(C)Cc1ccccc1. The number of nitrogens with zero attached hydrogens (tertiary/aromatic N) is 2. The normalized spacial score (nSPS) is 28.4. The van der Waals surface area contributed by atoms with Gasteiger partial charge in [0.15, 0.2) is 0 Å². The summed E-state index contributed by atoms with van der Waals surface area (Å²) >= 11 is 0. The van der Waals surface area contributed by atoms with Crippen LogP contribution in [0, 0.1) is 0 Å². The molecule has 0 unspecified atom stereocenters. The number of carboxylic acid groups (broad SMARTS) is 1. The lowest BCUT2D eigenvalue weighted by Crippen LogP contribution is -2.67. The maximum atomic E-state index is 11.5. The smallest absolute Gasteiger partial charge is 0.407 e. The fourth-order valence-electron chi connectivity index (χ4n) is 2.97. The third-order valence-corrected chi connectivity index (χ3v) is 4.49. The van der Waals surface area contributed by atoms with Crippen LogP contribution in [0.15, 0.2) is 30.3 Å². The third kappa shape index (κ3) is 2.59. The van der Waals surface area contributed by atoms with Crippen LogP contribution in [-0.2, 0) is 6.42 Å². The van der Waals surface area contributed by atoms with Crippen molar-refractivity contribution in [2.24, 2.45) is 0 Å². The molecule has 0 saturated carbocycles. The molecule has 0 bridgehead atoms. The highest BCUT2D eigenvalue weighted by atomic mass is 16.4. The van der Waals surface area contributed by atoms with Crippen molar-refractivity contribution < 1.29 is 9.90 Å².